The van der Waals surface area contributed by atoms with Gasteiger partial charge in [-0.1, -0.05) is 0 Å². The highest BCUT2D eigenvalue weighted by Gasteiger charge is 2.51. The van der Waals surface area contributed by atoms with Crippen LogP contribution in [0.1, 0.15) is 34.6 Å². The van der Waals surface area contributed by atoms with Crippen molar-refractivity contribution in [3.8, 4) is 0 Å². The van der Waals surface area contributed by atoms with E-state index in [-0.39, 0.29) is 13.1 Å². The number of amides is 1. The first-order valence-electron chi connectivity index (χ1n) is 7.37. The summed E-state index contributed by atoms with van der Waals surface area (Å²) >= 11 is 0. The molecule has 0 spiro atoms. The molecule has 0 saturated carbocycles. The number of ether oxygens (including phenoxy) is 3. The van der Waals surface area contributed by atoms with Crippen LogP contribution in [0.4, 0.5) is 4.79 Å². The molecule has 2 rings (SSSR count). The van der Waals surface area contributed by atoms with Gasteiger partial charge in [0.25, 0.3) is 5.79 Å². The molecule has 0 aromatic heterocycles. The summed E-state index contributed by atoms with van der Waals surface area (Å²) in [6.07, 6.45) is -0.531. The molecule has 2 aliphatic rings. The van der Waals surface area contributed by atoms with Crippen molar-refractivity contribution in [3.63, 3.8) is 0 Å². The first-order chi connectivity index (χ1) is 10.4. The number of ketones is 1. The lowest BCUT2D eigenvalue weighted by atomic mass is 9.87. The zero-order valence-corrected chi connectivity index (χ0v) is 13.9. The van der Waals surface area contributed by atoms with Gasteiger partial charge in [0.2, 0.25) is 5.92 Å². The summed E-state index contributed by atoms with van der Waals surface area (Å²) in [5, 5.41) is 0. The highest BCUT2D eigenvalue weighted by molar-refractivity contribution is 6.16. The van der Waals surface area contributed by atoms with Gasteiger partial charge in [-0.3, -0.25) is 14.4 Å². The first kappa shape index (κ1) is 17.2. The van der Waals surface area contributed by atoms with E-state index in [4.69, 9.17) is 14.2 Å². The molecule has 8 heteroatoms. The number of likely N-dealkylation sites (tertiary alicyclic amines) is 1. The lowest BCUT2D eigenvalue weighted by molar-refractivity contribution is -0.238. The molecular formula is C15H21NO7. The van der Waals surface area contributed by atoms with Crippen molar-refractivity contribution < 1.29 is 33.4 Å². The van der Waals surface area contributed by atoms with Crippen LogP contribution >= 0.6 is 0 Å². The molecule has 0 atom stereocenters. The Bertz CT molecular complexity index is 535. The van der Waals surface area contributed by atoms with Crippen LogP contribution in [0.2, 0.25) is 0 Å². The van der Waals surface area contributed by atoms with Crippen molar-refractivity contribution in [2.24, 2.45) is 11.8 Å². The lowest BCUT2D eigenvalue weighted by Gasteiger charge is -2.40. The topological polar surface area (TPSA) is 99.2 Å². The molecule has 0 aromatic carbocycles. The zero-order valence-electron chi connectivity index (χ0n) is 13.9. The number of esters is 2. The molecule has 0 aromatic rings. The fourth-order valence-corrected chi connectivity index (χ4v) is 2.32. The van der Waals surface area contributed by atoms with E-state index in [0.717, 1.165) is 0 Å². The lowest BCUT2D eigenvalue weighted by Crippen LogP contribution is -2.58. The Morgan fingerprint density at radius 2 is 1.61 bits per heavy atom. The van der Waals surface area contributed by atoms with Crippen molar-refractivity contribution in [1.29, 1.82) is 0 Å². The number of Topliss-reactive ketones (excluding diaryl/α,β-unsaturated/α-hetero) is 1. The molecule has 128 valence electrons. The monoisotopic (exact) mass is 327 g/mol. The standard InChI is InChI=1S/C15H21NO7/c1-14(2,3)23-13(20)16-6-8(7-16)10(17)9-11(18)21-15(4,5)22-12(9)19/h8-9H,6-7H2,1-5H3. The summed E-state index contributed by atoms with van der Waals surface area (Å²) in [5.74, 6) is -5.95. The van der Waals surface area contributed by atoms with Crippen LogP contribution in [-0.4, -0.2) is 53.2 Å². The number of hydrogen-bond acceptors (Lipinski definition) is 7. The molecule has 0 aliphatic carbocycles. The Labute approximate surface area is 134 Å². The van der Waals surface area contributed by atoms with Gasteiger partial charge in [0, 0.05) is 26.9 Å². The average molecular weight is 327 g/mol. The fraction of sp³-hybridized carbons (Fsp3) is 0.733. The van der Waals surface area contributed by atoms with Crippen LogP contribution in [0.25, 0.3) is 0 Å². The van der Waals surface area contributed by atoms with Crippen LogP contribution in [-0.2, 0) is 28.6 Å². The van der Waals surface area contributed by atoms with Crippen LogP contribution in [0.5, 0.6) is 0 Å². The highest BCUT2D eigenvalue weighted by Crippen LogP contribution is 2.29. The zero-order chi connectivity index (χ0) is 17.6. The number of nitrogens with zero attached hydrogens (tertiary/aromatic N) is 1. The van der Waals surface area contributed by atoms with Crippen molar-refractivity contribution in [2.75, 3.05) is 13.1 Å². The second kappa shape index (κ2) is 5.50. The first-order valence-corrected chi connectivity index (χ1v) is 7.37. The smallest absolute Gasteiger partial charge is 0.410 e. The summed E-state index contributed by atoms with van der Waals surface area (Å²) in [4.78, 5) is 49.2. The molecule has 0 unspecified atom stereocenters. The van der Waals surface area contributed by atoms with Crippen LogP contribution in [0.15, 0.2) is 0 Å². The predicted molar refractivity (Wildman–Crippen MR) is 76.1 cm³/mol. The van der Waals surface area contributed by atoms with E-state index in [2.05, 4.69) is 0 Å². The minimum atomic E-state index is -1.58. The van der Waals surface area contributed by atoms with Crippen molar-refractivity contribution in [2.45, 2.75) is 46.0 Å². The SMILES string of the molecule is CC(C)(C)OC(=O)N1CC(C(=O)C2C(=O)OC(C)(C)OC2=O)C1. The molecule has 2 heterocycles. The third kappa shape index (κ3) is 3.80. The minimum absolute atomic E-state index is 0.105. The summed E-state index contributed by atoms with van der Waals surface area (Å²) in [6.45, 7) is 8.26. The van der Waals surface area contributed by atoms with E-state index in [1.807, 2.05) is 0 Å². The molecule has 0 bridgehead atoms. The van der Waals surface area contributed by atoms with Crippen molar-refractivity contribution in [3.05, 3.63) is 0 Å². The molecule has 0 N–H and O–H groups in total. The van der Waals surface area contributed by atoms with E-state index in [1.54, 1.807) is 20.8 Å². The Hall–Kier alpha value is -2.12. The third-order valence-corrected chi connectivity index (χ3v) is 3.38. The van der Waals surface area contributed by atoms with E-state index >= 15 is 0 Å². The molecule has 23 heavy (non-hydrogen) atoms. The van der Waals surface area contributed by atoms with E-state index in [0.29, 0.717) is 0 Å². The normalized spacial score (nSPS) is 22.0. The number of carbonyl (C=O) groups excluding carboxylic acids is 4. The molecule has 2 fully saturated rings. The average Bonchev–Trinajstić information content (AvgIpc) is 2.20. The third-order valence-electron chi connectivity index (χ3n) is 3.38. The van der Waals surface area contributed by atoms with Gasteiger partial charge >= 0.3 is 18.0 Å². The largest absolute Gasteiger partial charge is 0.444 e. The minimum Gasteiger partial charge on any atom is -0.444 e. The number of hydrogen-bond donors (Lipinski definition) is 0. The van der Waals surface area contributed by atoms with Gasteiger partial charge in [-0.2, -0.15) is 0 Å². The number of rotatable bonds is 2. The van der Waals surface area contributed by atoms with Crippen molar-refractivity contribution in [1.82, 2.24) is 4.90 Å². The Balaban J connectivity index is 1.93. The second-order valence-electron chi connectivity index (χ2n) is 7.16. The van der Waals surface area contributed by atoms with Gasteiger partial charge in [-0.05, 0) is 20.8 Å². The van der Waals surface area contributed by atoms with Crippen LogP contribution < -0.4 is 0 Å². The molecule has 2 aliphatic heterocycles. The van der Waals surface area contributed by atoms with Crippen molar-refractivity contribution >= 4 is 23.8 Å². The highest BCUT2D eigenvalue weighted by atomic mass is 16.7. The van der Waals surface area contributed by atoms with Gasteiger partial charge in [-0.25, -0.2) is 4.79 Å². The number of cyclic esters (lactones) is 2. The summed E-state index contributed by atoms with van der Waals surface area (Å²) in [5.41, 5.74) is -0.630. The van der Waals surface area contributed by atoms with Crippen LogP contribution in [0.3, 0.4) is 0 Å². The van der Waals surface area contributed by atoms with E-state index in [1.165, 1.54) is 18.7 Å². The fourth-order valence-electron chi connectivity index (χ4n) is 2.32. The maximum absolute atomic E-state index is 12.3. The maximum Gasteiger partial charge on any atom is 0.410 e. The predicted octanol–water partition coefficient (Wildman–Crippen LogP) is 0.875. The molecular weight excluding hydrogens is 306 g/mol. The summed E-state index contributed by atoms with van der Waals surface area (Å²) in [6, 6.07) is 0. The van der Waals surface area contributed by atoms with Gasteiger partial charge in [0.1, 0.15) is 5.60 Å². The Morgan fingerprint density at radius 3 is 2.04 bits per heavy atom. The Morgan fingerprint density at radius 1 is 1.13 bits per heavy atom. The molecule has 1 amide bonds. The maximum atomic E-state index is 12.3. The van der Waals surface area contributed by atoms with Gasteiger partial charge in [0.15, 0.2) is 5.78 Å². The van der Waals surface area contributed by atoms with Crippen LogP contribution in [0, 0.1) is 11.8 Å². The number of carbonyl (C=O) groups is 4. The van der Waals surface area contributed by atoms with Gasteiger partial charge in [-0.15, -0.1) is 0 Å². The van der Waals surface area contributed by atoms with Gasteiger partial charge < -0.3 is 19.1 Å². The Kier molecular flexibility index (Phi) is 4.13. The van der Waals surface area contributed by atoms with Gasteiger partial charge in [0.05, 0.1) is 5.92 Å². The second-order valence-corrected chi connectivity index (χ2v) is 7.16. The quantitative estimate of drug-likeness (QED) is 0.548. The van der Waals surface area contributed by atoms with E-state index in [9.17, 15) is 19.2 Å². The summed E-state index contributed by atoms with van der Waals surface area (Å²) in [7, 11) is 0. The summed E-state index contributed by atoms with van der Waals surface area (Å²) < 4.78 is 15.0. The molecule has 8 nitrogen and oxygen atoms in total. The molecule has 2 saturated heterocycles. The van der Waals surface area contributed by atoms with E-state index < -0.39 is 47.0 Å². The molecule has 0 radical (unpaired) electrons.